The Morgan fingerprint density at radius 1 is 1.00 bits per heavy atom. The van der Waals surface area contributed by atoms with Gasteiger partial charge in [0.05, 0.1) is 49.4 Å². The van der Waals surface area contributed by atoms with Gasteiger partial charge in [0.2, 0.25) is 0 Å². The molecule has 0 spiro atoms. The van der Waals surface area contributed by atoms with Crippen LogP contribution in [-0.4, -0.2) is 74.9 Å². The number of hydrogen-bond acceptors (Lipinski definition) is 7. The zero-order valence-electron chi connectivity index (χ0n) is 17.1. The van der Waals surface area contributed by atoms with Gasteiger partial charge in [-0.25, -0.2) is 8.78 Å². The molecule has 2 heterocycles. The van der Waals surface area contributed by atoms with Crippen molar-refractivity contribution < 1.29 is 46.1 Å². The van der Waals surface area contributed by atoms with Gasteiger partial charge in [0, 0.05) is 0 Å². The fourth-order valence-electron chi connectivity index (χ4n) is 2.81. The Kier molecular flexibility index (Phi) is 8.81. The summed E-state index contributed by atoms with van der Waals surface area (Å²) in [4.78, 5) is 24.7. The van der Waals surface area contributed by atoms with E-state index in [1.807, 2.05) is 13.8 Å². The molecule has 0 amide bonds. The average Bonchev–Trinajstić information content (AvgIpc) is 2.63. The molecule has 1 unspecified atom stereocenters. The normalized spacial score (nSPS) is 20.8. The number of halogens is 4. The van der Waals surface area contributed by atoms with Crippen molar-refractivity contribution in [2.75, 3.05) is 45.4 Å². The molecule has 0 aliphatic carbocycles. The Bertz CT molecular complexity index is 585. The smallest absolute Gasteiger partial charge is 0.319 e. The van der Waals surface area contributed by atoms with E-state index in [2.05, 4.69) is 0 Å². The molecule has 0 aromatic heterocycles. The highest BCUT2D eigenvalue weighted by Crippen LogP contribution is 2.34. The average molecular weight is 460 g/mol. The van der Waals surface area contributed by atoms with Crippen LogP contribution in [0.5, 0.6) is 0 Å². The van der Waals surface area contributed by atoms with Crippen LogP contribution in [0.2, 0.25) is 0 Å². The molecule has 0 saturated carbocycles. The SMILES string of the molecule is CCC1(COC(=O)CC(SCC(F)(F)C(F)F)C(=O)OCC2(CC)COC2)COC1. The maximum atomic E-state index is 13.3. The lowest BCUT2D eigenvalue weighted by Gasteiger charge is -2.40. The summed E-state index contributed by atoms with van der Waals surface area (Å²) in [6, 6.07) is 0. The Balaban J connectivity index is 1.93. The van der Waals surface area contributed by atoms with Crippen LogP contribution >= 0.6 is 11.8 Å². The number of alkyl halides is 4. The predicted molar refractivity (Wildman–Crippen MR) is 101 cm³/mol. The van der Waals surface area contributed by atoms with Gasteiger partial charge in [0.1, 0.15) is 18.5 Å². The molecule has 2 fully saturated rings. The Morgan fingerprint density at radius 3 is 1.90 bits per heavy atom. The van der Waals surface area contributed by atoms with Gasteiger partial charge >= 0.3 is 24.3 Å². The highest BCUT2D eigenvalue weighted by Gasteiger charge is 2.44. The van der Waals surface area contributed by atoms with Crippen molar-refractivity contribution in [1.82, 2.24) is 0 Å². The lowest BCUT2D eigenvalue weighted by Crippen LogP contribution is -2.47. The Hall–Kier alpha value is -1.07. The van der Waals surface area contributed by atoms with Crippen LogP contribution in [0.15, 0.2) is 0 Å². The van der Waals surface area contributed by atoms with Crippen LogP contribution in [0, 0.1) is 10.8 Å². The molecule has 0 N–H and O–H groups in total. The van der Waals surface area contributed by atoms with E-state index in [-0.39, 0.29) is 35.8 Å². The highest BCUT2D eigenvalue weighted by atomic mass is 32.2. The van der Waals surface area contributed by atoms with E-state index in [0.717, 1.165) is 6.42 Å². The lowest BCUT2D eigenvalue weighted by atomic mass is 9.84. The molecule has 0 radical (unpaired) electrons. The van der Waals surface area contributed by atoms with E-state index in [1.165, 1.54) is 0 Å². The molecule has 0 aromatic carbocycles. The standard InChI is InChI=1S/C19H28F4O6S/c1-3-17(6-26-7-17)10-28-14(24)5-13(30-12-19(22,23)16(20)21)15(25)29-11-18(4-2)8-27-9-18/h13,16H,3-12H2,1-2H3. The largest absolute Gasteiger partial charge is 0.465 e. The number of thioether (sulfide) groups is 1. The molecule has 0 bridgehead atoms. The van der Waals surface area contributed by atoms with Gasteiger partial charge in [0.15, 0.2) is 0 Å². The van der Waals surface area contributed by atoms with Crippen molar-refractivity contribution in [3.8, 4) is 0 Å². The van der Waals surface area contributed by atoms with Crippen LogP contribution < -0.4 is 0 Å². The minimum Gasteiger partial charge on any atom is -0.465 e. The zero-order chi connectivity index (χ0) is 22.4. The van der Waals surface area contributed by atoms with Crippen LogP contribution in [0.1, 0.15) is 33.1 Å². The van der Waals surface area contributed by atoms with Gasteiger partial charge in [0.25, 0.3) is 0 Å². The van der Waals surface area contributed by atoms with Crippen LogP contribution in [0.25, 0.3) is 0 Å². The lowest BCUT2D eigenvalue weighted by molar-refractivity contribution is -0.174. The third-order valence-electron chi connectivity index (χ3n) is 5.60. The minimum atomic E-state index is -4.28. The monoisotopic (exact) mass is 460 g/mol. The number of ether oxygens (including phenoxy) is 4. The fourth-order valence-corrected chi connectivity index (χ4v) is 3.81. The van der Waals surface area contributed by atoms with E-state index in [0.29, 0.717) is 32.8 Å². The molecule has 174 valence electrons. The first kappa shape index (κ1) is 25.2. The number of hydrogen-bond donors (Lipinski definition) is 0. The fraction of sp³-hybridized carbons (Fsp3) is 0.895. The molecule has 2 aliphatic rings. The van der Waals surface area contributed by atoms with Crippen LogP contribution in [0.3, 0.4) is 0 Å². The second kappa shape index (κ2) is 10.5. The molecule has 0 aromatic rings. The van der Waals surface area contributed by atoms with Crippen LogP contribution in [-0.2, 0) is 28.5 Å². The molecular formula is C19H28F4O6S. The van der Waals surface area contributed by atoms with Crippen molar-refractivity contribution in [3.63, 3.8) is 0 Å². The summed E-state index contributed by atoms with van der Waals surface area (Å²) in [5.74, 6) is -7.28. The predicted octanol–water partition coefficient (Wildman–Crippen LogP) is 3.32. The Labute approximate surface area is 177 Å². The second-order valence-corrected chi connectivity index (χ2v) is 9.22. The van der Waals surface area contributed by atoms with Crippen molar-refractivity contribution in [2.24, 2.45) is 10.8 Å². The van der Waals surface area contributed by atoms with Crippen LogP contribution in [0.4, 0.5) is 17.6 Å². The molecule has 30 heavy (non-hydrogen) atoms. The first-order valence-corrected chi connectivity index (χ1v) is 10.9. The molecular weight excluding hydrogens is 432 g/mol. The third-order valence-corrected chi connectivity index (χ3v) is 6.92. The van der Waals surface area contributed by atoms with Gasteiger partial charge in [-0.1, -0.05) is 13.8 Å². The first-order chi connectivity index (χ1) is 14.1. The topological polar surface area (TPSA) is 71.1 Å². The van der Waals surface area contributed by atoms with Crippen molar-refractivity contribution in [1.29, 1.82) is 0 Å². The van der Waals surface area contributed by atoms with Gasteiger partial charge < -0.3 is 18.9 Å². The number of rotatable bonds is 13. The highest BCUT2D eigenvalue weighted by molar-refractivity contribution is 8.00. The maximum absolute atomic E-state index is 13.3. The second-order valence-electron chi connectivity index (χ2n) is 8.03. The number of carbonyl (C=O) groups excluding carboxylic acids is 2. The molecule has 2 saturated heterocycles. The summed E-state index contributed by atoms with van der Waals surface area (Å²) in [5, 5.41) is -1.37. The van der Waals surface area contributed by atoms with E-state index < -0.39 is 41.7 Å². The quantitative estimate of drug-likeness (QED) is 0.308. The van der Waals surface area contributed by atoms with Gasteiger partial charge in [-0.2, -0.15) is 8.78 Å². The summed E-state index contributed by atoms with van der Waals surface area (Å²) in [6.45, 7) is 5.61. The summed E-state index contributed by atoms with van der Waals surface area (Å²) < 4.78 is 72.3. The molecule has 1 atom stereocenters. The minimum absolute atomic E-state index is 0.00989. The van der Waals surface area contributed by atoms with E-state index in [1.54, 1.807) is 0 Å². The van der Waals surface area contributed by atoms with E-state index in [4.69, 9.17) is 18.9 Å². The van der Waals surface area contributed by atoms with Crippen molar-refractivity contribution in [3.05, 3.63) is 0 Å². The first-order valence-electron chi connectivity index (χ1n) is 9.82. The van der Waals surface area contributed by atoms with Gasteiger partial charge in [-0.05, 0) is 12.8 Å². The summed E-state index contributed by atoms with van der Waals surface area (Å²) >= 11 is 0.275. The molecule has 6 nitrogen and oxygen atoms in total. The molecule has 2 rings (SSSR count). The number of esters is 2. The third kappa shape index (κ3) is 6.46. The number of carbonyl (C=O) groups is 2. The maximum Gasteiger partial charge on any atom is 0.319 e. The molecule has 11 heteroatoms. The van der Waals surface area contributed by atoms with Crippen molar-refractivity contribution >= 4 is 23.7 Å². The Morgan fingerprint density at radius 2 is 1.50 bits per heavy atom. The zero-order valence-corrected chi connectivity index (χ0v) is 17.9. The summed E-state index contributed by atoms with van der Waals surface area (Å²) in [6.07, 6.45) is -3.00. The summed E-state index contributed by atoms with van der Waals surface area (Å²) in [5.41, 5.74) is -0.616. The van der Waals surface area contributed by atoms with Crippen molar-refractivity contribution in [2.45, 2.75) is 50.7 Å². The van der Waals surface area contributed by atoms with E-state index >= 15 is 0 Å². The van der Waals surface area contributed by atoms with Gasteiger partial charge in [-0.15, -0.1) is 11.8 Å². The van der Waals surface area contributed by atoms with E-state index in [9.17, 15) is 27.2 Å². The summed E-state index contributed by atoms with van der Waals surface area (Å²) in [7, 11) is 0. The molecule has 2 aliphatic heterocycles. The van der Waals surface area contributed by atoms with Gasteiger partial charge in [-0.3, -0.25) is 9.59 Å².